The molecule has 2 aliphatic rings. The highest BCUT2D eigenvalue weighted by Crippen LogP contribution is 2.37. The molecule has 2 heterocycles. The summed E-state index contributed by atoms with van der Waals surface area (Å²) in [4.78, 5) is 30.7. The first-order chi connectivity index (χ1) is 16.8. The van der Waals surface area contributed by atoms with Gasteiger partial charge in [0.15, 0.2) is 12.1 Å². The lowest BCUT2D eigenvalue weighted by molar-refractivity contribution is -0.295. The molecule has 0 saturated carbocycles. The van der Waals surface area contributed by atoms with Gasteiger partial charge in [-0.05, 0) is 67.5 Å². The summed E-state index contributed by atoms with van der Waals surface area (Å²) in [6.45, 7) is 12.4. The van der Waals surface area contributed by atoms with Gasteiger partial charge < -0.3 is 33.9 Å². The van der Waals surface area contributed by atoms with Crippen molar-refractivity contribution in [1.29, 1.82) is 0 Å². The smallest absolute Gasteiger partial charge is 0.323 e. The van der Waals surface area contributed by atoms with Crippen molar-refractivity contribution >= 4 is 11.8 Å². The number of carbonyl (C=O) groups excluding carboxylic acids is 2. The van der Waals surface area contributed by atoms with E-state index in [1.54, 1.807) is 34.1 Å². The van der Waals surface area contributed by atoms with Crippen LogP contribution in [0.2, 0.25) is 0 Å². The molecule has 0 aromatic carbocycles. The summed E-state index contributed by atoms with van der Waals surface area (Å²) in [6, 6.07) is -0.159. The number of hydrogen-bond acceptors (Lipinski definition) is 9. The summed E-state index contributed by atoms with van der Waals surface area (Å²) in [5.41, 5.74) is -2.28. The Kier molecular flexibility index (Phi) is 10.9. The fourth-order valence-electron chi connectivity index (χ4n) is 5.26. The fourth-order valence-corrected chi connectivity index (χ4v) is 5.26. The van der Waals surface area contributed by atoms with E-state index in [4.69, 9.17) is 18.9 Å². The second kappa shape index (κ2) is 12.8. The molecule has 3 unspecified atom stereocenters. The first kappa shape index (κ1) is 30.7. The van der Waals surface area contributed by atoms with Crippen LogP contribution < -0.4 is 0 Å². The van der Waals surface area contributed by atoms with Crippen LogP contribution in [0.3, 0.4) is 0 Å². The predicted molar refractivity (Wildman–Crippen MR) is 137 cm³/mol. The van der Waals surface area contributed by atoms with Crippen molar-refractivity contribution in [2.24, 2.45) is 11.3 Å². The summed E-state index contributed by atoms with van der Waals surface area (Å²) >= 11 is 0. The number of Topliss-reactive ketones (excluding diaryl/α,β-unsaturated/α-hetero) is 1. The number of hydrogen-bond donors (Lipinski definition) is 1. The third-order valence-corrected chi connectivity index (χ3v) is 7.70. The summed E-state index contributed by atoms with van der Waals surface area (Å²) in [7, 11) is 5.44. The largest absolute Gasteiger partial charge is 0.432 e. The number of aliphatic hydroxyl groups excluding tert-OH is 1. The van der Waals surface area contributed by atoms with Crippen molar-refractivity contribution in [2.75, 3.05) is 34.3 Å². The van der Waals surface area contributed by atoms with Gasteiger partial charge in [0, 0.05) is 38.4 Å². The minimum atomic E-state index is -1.41. The van der Waals surface area contributed by atoms with Crippen molar-refractivity contribution in [3.63, 3.8) is 0 Å². The first-order valence-electron chi connectivity index (χ1n) is 13.1. The van der Waals surface area contributed by atoms with Crippen molar-refractivity contribution in [1.82, 2.24) is 9.80 Å². The summed E-state index contributed by atoms with van der Waals surface area (Å²) in [6.07, 6.45) is 3.32. The number of carbonyl (C=O) groups is 2. The number of rotatable bonds is 6. The molecule has 208 valence electrons. The van der Waals surface area contributed by atoms with Crippen molar-refractivity contribution < 1.29 is 33.6 Å². The highest BCUT2D eigenvalue weighted by Gasteiger charge is 2.50. The van der Waals surface area contributed by atoms with E-state index in [9.17, 15) is 14.7 Å². The number of ketones is 1. The number of aliphatic hydroxyl groups is 1. The summed E-state index contributed by atoms with van der Waals surface area (Å²) in [5.74, 6) is -1.68. The Morgan fingerprint density at radius 3 is 2.47 bits per heavy atom. The fraction of sp³-hybridized carbons (Fsp3) is 0.852. The molecule has 0 aromatic heterocycles. The Hall–Kier alpha value is -1.52. The van der Waals surface area contributed by atoms with Gasteiger partial charge in [-0.2, -0.15) is 0 Å². The van der Waals surface area contributed by atoms with Crippen LogP contribution in [0.5, 0.6) is 0 Å². The van der Waals surface area contributed by atoms with Crippen LogP contribution in [0.15, 0.2) is 12.5 Å². The van der Waals surface area contributed by atoms with E-state index in [1.165, 1.54) is 6.26 Å². The molecule has 0 radical (unpaired) electrons. The molecule has 0 aliphatic carbocycles. The molecule has 1 fully saturated rings. The van der Waals surface area contributed by atoms with E-state index >= 15 is 0 Å². The molecule has 1 N–H and O–H groups in total. The average Bonchev–Trinajstić information content (AvgIpc) is 2.82. The van der Waals surface area contributed by atoms with Gasteiger partial charge in [-0.15, -0.1) is 0 Å². The second-order valence-corrected chi connectivity index (χ2v) is 11.3. The van der Waals surface area contributed by atoms with E-state index in [0.717, 1.165) is 25.9 Å². The zero-order valence-corrected chi connectivity index (χ0v) is 23.7. The zero-order valence-electron chi connectivity index (χ0n) is 23.7. The topological polar surface area (TPSA) is 97.8 Å². The van der Waals surface area contributed by atoms with Gasteiger partial charge in [-0.25, -0.2) is 0 Å². The molecule has 0 amide bonds. The van der Waals surface area contributed by atoms with Crippen LogP contribution in [0.4, 0.5) is 0 Å². The number of cyclic esters (lactones) is 1. The molecule has 36 heavy (non-hydrogen) atoms. The minimum absolute atomic E-state index is 0.138. The molecule has 1 saturated heterocycles. The summed E-state index contributed by atoms with van der Waals surface area (Å²) in [5, 5.41) is 11.1. The maximum Gasteiger partial charge on any atom is 0.323 e. The maximum absolute atomic E-state index is 13.7. The quantitative estimate of drug-likeness (QED) is 0.425. The van der Waals surface area contributed by atoms with Gasteiger partial charge in [-0.1, -0.05) is 13.8 Å². The van der Waals surface area contributed by atoms with Crippen LogP contribution in [-0.4, -0.2) is 97.2 Å². The normalized spacial score (nSPS) is 36.7. The standard InChI is InChI=1S/C27H48N2O7/c1-10-13-29-14-11-12-27(6,33-9)23(19(3)22(31)26(4,5)25(32)34-16-15-29)36-24-21(30)20(28(7)8)17-18(2)35-24/h15-16,18-21,23-24,30H,10-14,17H2,1-9H3/t18-,19?,20+,21-,23?,24+,27?/m1/s1. The second-order valence-electron chi connectivity index (χ2n) is 11.3. The Balaban J connectivity index is 2.47. The molecule has 0 bridgehead atoms. The predicted octanol–water partition coefficient (Wildman–Crippen LogP) is 2.95. The Labute approximate surface area is 217 Å². The van der Waals surface area contributed by atoms with Crippen LogP contribution in [-0.2, 0) is 28.5 Å². The van der Waals surface area contributed by atoms with Crippen molar-refractivity contribution in [3.05, 3.63) is 12.5 Å². The SMILES string of the molecule is CCCN1C=COC(=O)C(C)(C)C(=O)C(C)C(O[C@@H]2O[C@H](C)C[C@H](N(C)C)[C@H]2O)C(C)(OC)CCC1. The third-order valence-electron chi connectivity index (χ3n) is 7.70. The maximum atomic E-state index is 13.7. The molecular weight excluding hydrogens is 464 g/mol. The van der Waals surface area contributed by atoms with E-state index in [2.05, 4.69) is 11.8 Å². The lowest BCUT2D eigenvalue weighted by Gasteiger charge is -2.46. The van der Waals surface area contributed by atoms with Gasteiger partial charge in [0.25, 0.3) is 0 Å². The number of esters is 1. The van der Waals surface area contributed by atoms with Crippen LogP contribution >= 0.6 is 0 Å². The highest BCUT2D eigenvalue weighted by atomic mass is 16.7. The molecule has 9 heteroatoms. The van der Waals surface area contributed by atoms with Crippen molar-refractivity contribution in [2.45, 2.75) is 103 Å². The van der Waals surface area contributed by atoms with E-state index in [1.807, 2.05) is 32.8 Å². The molecule has 2 aliphatic heterocycles. The Bertz CT molecular complexity index is 771. The molecule has 0 spiro atoms. The Morgan fingerprint density at radius 1 is 1.22 bits per heavy atom. The van der Waals surface area contributed by atoms with Crippen LogP contribution in [0.1, 0.15) is 67.2 Å². The van der Waals surface area contributed by atoms with Gasteiger partial charge in [-0.3, -0.25) is 9.59 Å². The van der Waals surface area contributed by atoms with Crippen LogP contribution in [0, 0.1) is 11.3 Å². The lowest BCUT2D eigenvalue weighted by Crippen LogP contribution is -2.59. The van der Waals surface area contributed by atoms with Gasteiger partial charge >= 0.3 is 5.97 Å². The molecular formula is C27H48N2O7. The molecule has 2 rings (SSSR count). The minimum Gasteiger partial charge on any atom is -0.432 e. The number of likely N-dealkylation sites (N-methyl/N-ethyl adjacent to an activating group) is 1. The molecule has 7 atom stereocenters. The number of ether oxygens (including phenoxy) is 4. The van der Waals surface area contributed by atoms with E-state index in [-0.39, 0.29) is 17.9 Å². The van der Waals surface area contributed by atoms with E-state index in [0.29, 0.717) is 12.8 Å². The molecule has 0 aromatic rings. The van der Waals surface area contributed by atoms with Crippen molar-refractivity contribution in [3.8, 4) is 0 Å². The number of nitrogens with zero attached hydrogens (tertiary/aromatic N) is 2. The monoisotopic (exact) mass is 512 g/mol. The van der Waals surface area contributed by atoms with Gasteiger partial charge in [0.2, 0.25) is 0 Å². The van der Waals surface area contributed by atoms with E-state index < -0.39 is 41.4 Å². The highest BCUT2D eigenvalue weighted by molar-refractivity contribution is 6.04. The molecule has 9 nitrogen and oxygen atoms in total. The lowest BCUT2D eigenvalue weighted by atomic mass is 9.75. The average molecular weight is 513 g/mol. The third kappa shape index (κ3) is 7.07. The zero-order chi connectivity index (χ0) is 27.3. The number of methoxy groups -OCH3 is 1. The first-order valence-corrected chi connectivity index (χ1v) is 13.1. The van der Waals surface area contributed by atoms with Gasteiger partial charge in [0.05, 0.1) is 17.8 Å². The summed E-state index contributed by atoms with van der Waals surface area (Å²) < 4.78 is 24.0. The van der Waals surface area contributed by atoms with Crippen LogP contribution in [0.25, 0.3) is 0 Å². The van der Waals surface area contributed by atoms with Gasteiger partial charge in [0.1, 0.15) is 17.8 Å². The Morgan fingerprint density at radius 2 is 1.89 bits per heavy atom.